The van der Waals surface area contributed by atoms with Crippen molar-refractivity contribution in [1.82, 2.24) is 4.98 Å². The van der Waals surface area contributed by atoms with Crippen molar-refractivity contribution in [1.29, 1.82) is 0 Å². The predicted octanol–water partition coefficient (Wildman–Crippen LogP) is 4.78. The molecule has 0 aliphatic heterocycles. The maximum Gasteiger partial charge on any atom is 0.274 e. The fourth-order valence-corrected chi connectivity index (χ4v) is 2.66. The van der Waals surface area contributed by atoms with Crippen LogP contribution >= 0.6 is 11.6 Å². The van der Waals surface area contributed by atoms with E-state index < -0.39 is 0 Å². The summed E-state index contributed by atoms with van der Waals surface area (Å²) in [4.78, 5) is 16.4. The minimum absolute atomic E-state index is 0.217. The summed E-state index contributed by atoms with van der Waals surface area (Å²) in [6.07, 6.45) is 2.09. The summed E-state index contributed by atoms with van der Waals surface area (Å²) in [7, 11) is 0. The molecule has 0 unspecified atom stereocenters. The molecule has 26 heavy (non-hydrogen) atoms. The van der Waals surface area contributed by atoms with Crippen molar-refractivity contribution < 1.29 is 9.18 Å². The SMILES string of the molecule is O=C(Nc1cccc(Cl)c1)c1cc(NCCc2ccccc2F)ccn1. The second-order valence-electron chi connectivity index (χ2n) is 5.66. The summed E-state index contributed by atoms with van der Waals surface area (Å²) < 4.78 is 13.6. The molecule has 2 aromatic carbocycles. The van der Waals surface area contributed by atoms with E-state index in [2.05, 4.69) is 15.6 Å². The molecular weight excluding hydrogens is 353 g/mol. The predicted molar refractivity (Wildman–Crippen MR) is 102 cm³/mol. The Balaban J connectivity index is 1.60. The van der Waals surface area contributed by atoms with E-state index in [4.69, 9.17) is 11.6 Å². The third kappa shape index (κ3) is 4.80. The number of hydrogen-bond donors (Lipinski definition) is 2. The highest BCUT2D eigenvalue weighted by Crippen LogP contribution is 2.16. The van der Waals surface area contributed by atoms with Crippen molar-refractivity contribution in [3.63, 3.8) is 0 Å². The zero-order valence-corrected chi connectivity index (χ0v) is 14.6. The minimum atomic E-state index is -0.329. The van der Waals surface area contributed by atoms with Crippen LogP contribution in [0.2, 0.25) is 5.02 Å². The first-order valence-corrected chi connectivity index (χ1v) is 8.50. The van der Waals surface area contributed by atoms with Gasteiger partial charge >= 0.3 is 0 Å². The molecule has 4 nitrogen and oxygen atoms in total. The molecule has 0 fully saturated rings. The van der Waals surface area contributed by atoms with E-state index in [1.165, 1.54) is 6.07 Å². The van der Waals surface area contributed by atoms with Crippen molar-refractivity contribution in [3.8, 4) is 0 Å². The molecule has 0 spiro atoms. The molecule has 3 aromatic rings. The van der Waals surface area contributed by atoms with Crippen LogP contribution in [0.1, 0.15) is 16.1 Å². The van der Waals surface area contributed by atoms with E-state index in [1.54, 1.807) is 54.7 Å². The monoisotopic (exact) mass is 369 g/mol. The molecule has 0 saturated heterocycles. The summed E-state index contributed by atoms with van der Waals surface area (Å²) in [5.74, 6) is -0.546. The van der Waals surface area contributed by atoms with Crippen molar-refractivity contribution in [3.05, 3.63) is 89.0 Å². The zero-order chi connectivity index (χ0) is 18.4. The van der Waals surface area contributed by atoms with Crippen LogP contribution in [-0.2, 0) is 6.42 Å². The standard InChI is InChI=1S/C20H17ClFN3O/c21-15-5-3-6-17(12-15)25-20(26)19-13-16(9-11-24-19)23-10-8-14-4-1-2-7-18(14)22/h1-7,9,11-13H,8,10H2,(H,23,24)(H,25,26). The van der Waals surface area contributed by atoms with Crippen LogP contribution in [0.4, 0.5) is 15.8 Å². The fraction of sp³-hybridized carbons (Fsp3) is 0.100. The van der Waals surface area contributed by atoms with Crippen LogP contribution in [-0.4, -0.2) is 17.4 Å². The van der Waals surface area contributed by atoms with Crippen molar-refractivity contribution in [2.75, 3.05) is 17.2 Å². The Morgan fingerprint density at radius 1 is 1.04 bits per heavy atom. The number of amides is 1. The highest BCUT2D eigenvalue weighted by molar-refractivity contribution is 6.30. The number of nitrogens with zero attached hydrogens (tertiary/aromatic N) is 1. The molecule has 0 saturated carbocycles. The molecule has 1 amide bonds. The lowest BCUT2D eigenvalue weighted by molar-refractivity contribution is 0.102. The number of aromatic nitrogens is 1. The van der Waals surface area contributed by atoms with Gasteiger partial charge in [0, 0.05) is 29.1 Å². The van der Waals surface area contributed by atoms with Crippen LogP contribution < -0.4 is 10.6 Å². The lowest BCUT2D eigenvalue weighted by Gasteiger charge is -2.09. The molecule has 0 radical (unpaired) electrons. The average molecular weight is 370 g/mol. The Labute approximate surface area is 156 Å². The fourth-order valence-electron chi connectivity index (χ4n) is 2.47. The van der Waals surface area contributed by atoms with Gasteiger partial charge in [-0.05, 0) is 48.4 Å². The topological polar surface area (TPSA) is 54.0 Å². The van der Waals surface area contributed by atoms with Gasteiger partial charge in [0.15, 0.2) is 0 Å². The Bertz CT molecular complexity index is 917. The Kier molecular flexibility index (Phi) is 5.81. The third-order valence-electron chi connectivity index (χ3n) is 3.76. The van der Waals surface area contributed by atoms with E-state index in [-0.39, 0.29) is 17.4 Å². The van der Waals surface area contributed by atoms with Crippen molar-refractivity contribution >= 4 is 28.9 Å². The molecule has 0 aliphatic rings. The Morgan fingerprint density at radius 2 is 1.88 bits per heavy atom. The number of carbonyl (C=O) groups excluding carboxylic acids is 1. The molecular formula is C20H17ClFN3O. The van der Waals surface area contributed by atoms with E-state index in [0.717, 1.165) is 5.69 Å². The maximum absolute atomic E-state index is 13.6. The zero-order valence-electron chi connectivity index (χ0n) is 13.9. The van der Waals surface area contributed by atoms with Crippen LogP contribution in [0, 0.1) is 5.82 Å². The first-order valence-electron chi connectivity index (χ1n) is 8.12. The average Bonchev–Trinajstić information content (AvgIpc) is 2.64. The molecule has 0 aliphatic carbocycles. The normalized spacial score (nSPS) is 10.4. The van der Waals surface area contributed by atoms with Crippen LogP contribution in [0.25, 0.3) is 0 Å². The highest BCUT2D eigenvalue weighted by atomic mass is 35.5. The number of nitrogens with one attached hydrogen (secondary N) is 2. The number of benzene rings is 2. The van der Waals surface area contributed by atoms with Gasteiger partial charge < -0.3 is 10.6 Å². The number of hydrogen-bond acceptors (Lipinski definition) is 3. The summed E-state index contributed by atoms with van der Waals surface area (Å²) in [6.45, 7) is 0.542. The molecule has 0 bridgehead atoms. The van der Waals surface area contributed by atoms with Crippen LogP contribution in [0.15, 0.2) is 66.9 Å². The molecule has 1 heterocycles. The maximum atomic E-state index is 13.6. The van der Waals surface area contributed by atoms with Gasteiger partial charge in [0.2, 0.25) is 0 Å². The lowest BCUT2D eigenvalue weighted by atomic mass is 10.1. The first kappa shape index (κ1) is 17.9. The van der Waals surface area contributed by atoms with Gasteiger partial charge in [-0.15, -0.1) is 0 Å². The van der Waals surface area contributed by atoms with Crippen molar-refractivity contribution in [2.24, 2.45) is 0 Å². The summed E-state index contributed by atoms with van der Waals surface area (Å²) >= 11 is 5.91. The Morgan fingerprint density at radius 3 is 2.69 bits per heavy atom. The van der Waals surface area contributed by atoms with Gasteiger partial charge in [-0.25, -0.2) is 4.39 Å². The van der Waals surface area contributed by atoms with Crippen molar-refractivity contribution in [2.45, 2.75) is 6.42 Å². The van der Waals surface area contributed by atoms with Gasteiger partial charge in [0.05, 0.1) is 0 Å². The summed E-state index contributed by atoms with van der Waals surface area (Å²) in [6, 6.07) is 17.0. The Hall–Kier alpha value is -2.92. The quantitative estimate of drug-likeness (QED) is 0.657. The molecule has 3 rings (SSSR count). The molecule has 132 valence electrons. The molecule has 1 aromatic heterocycles. The van der Waals surface area contributed by atoms with Gasteiger partial charge in [0.25, 0.3) is 5.91 Å². The number of carbonyl (C=O) groups is 1. The summed E-state index contributed by atoms with van der Waals surface area (Å²) in [5, 5.41) is 6.47. The highest BCUT2D eigenvalue weighted by Gasteiger charge is 2.09. The van der Waals surface area contributed by atoms with Gasteiger partial charge in [-0.2, -0.15) is 0 Å². The summed E-state index contributed by atoms with van der Waals surface area (Å²) in [5.41, 5.74) is 2.27. The van der Waals surface area contributed by atoms with Gasteiger partial charge in [0.1, 0.15) is 11.5 Å². The second-order valence-corrected chi connectivity index (χ2v) is 6.10. The van der Waals surface area contributed by atoms with Gasteiger partial charge in [-0.3, -0.25) is 9.78 Å². The van der Waals surface area contributed by atoms with E-state index in [0.29, 0.717) is 29.2 Å². The lowest BCUT2D eigenvalue weighted by Crippen LogP contribution is -2.14. The molecule has 0 atom stereocenters. The largest absolute Gasteiger partial charge is 0.385 e. The number of pyridine rings is 1. The van der Waals surface area contributed by atoms with E-state index >= 15 is 0 Å². The van der Waals surface area contributed by atoms with Crippen LogP contribution in [0.3, 0.4) is 0 Å². The van der Waals surface area contributed by atoms with E-state index in [1.807, 2.05) is 6.07 Å². The number of halogens is 2. The third-order valence-corrected chi connectivity index (χ3v) is 3.99. The second kappa shape index (κ2) is 8.45. The van der Waals surface area contributed by atoms with Crippen LogP contribution in [0.5, 0.6) is 0 Å². The molecule has 2 N–H and O–H groups in total. The molecule has 6 heteroatoms. The van der Waals surface area contributed by atoms with Gasteiger partial charge in [-0.1, -0.05) is 35.9 Å². The smallest absolute Gasteiger partial charge is 0.274 e. The first-order chi connectivity index (χ1) is 12.6. The van der Waals surface area contributed by atoms with E-state index in [9.17, 15) is 9.18 Å². The number of rotatable bonds is 6. The minimum Gasteiger partial charge on any atom is -0.385 e. The number of anilines is 2.